The first-order valence-electron chi connectivity index (χ1n) is 10.5. The number of hydrogen-bond donors (Lipinski definition) is 2. The smallest absolute Gasteiger partial charge is 0.0557 e. The highest BCUT2D eigenvalue weighted by molar-refractivity contribution is 7.99. The van der Waals surface area contributed by atoms with E-state index in [-0.39, 0.29) is 0 Å². The number of rotatable bonds is 5. The average molecular weight is 397 g/mol. The van der Waals surface area contributed by atoms with Crippen molar-refractivity contribution in [3.8, 4) is 0 Å². The second-order valence-corrected chi connectivity index (χ2v) is 9.09. The van der Waals surface area contributed by atoms with Gasteiger partial charge < -0.3 is 20.4 Å². The molecule has 0 saturated carbocycles. The van der Waals surface area contributed by atoms with Crippen LogP contribution in [0.25, 0.3) is 0 Å². The molecule has 1 fully saturated rings. The topological polar surface area (TPSA) is 30.5 Å². The van der Waals surface area contributed by atoms with E-state index in [1.165, 1.54) is 56.5 Å². The molecule has 2 aliphatic rings. The normalized spacial score (nSPS) is 15.6. The number of aryl methyl sites for hydroxylation is 2. The Morgan fingerprint density at radius 3 is 2.39 bits per heavy atom. The zero-order valence-corrected chi connectivity index (χ0v) is 18.4. The molecule has 2 N–H and O–H groups in total. The van der Waals surface area contributed by atoms with Crippen molar-refractivity contribution in [2.45, 2.75) is 43.4 Å². The van der Waals surface area contributed by atoms with Crippen molar-refractivity contribution in [1.29, 1.82) is 0 Å². The number of nitrogens with one attached hydrogen (secondary N) is 2. The summed E-state index contributed by atoms with van der Waals surface area (Å²) in [5.41, 5.74) is 7.85. The summed E-state index contributed by atoms with van der Waals surface area (Å²) in [5, 5.41) is 7.19. The SMILES string of the molecule is CCCCN(C)c1cc(C)c2c(c1)Sc1cc(N3CCNCC3)cc(C)c1N2. The molecular formula is C23H32N4S. The first kappa shape index (κ1) is 19.5. The van der Waals surface area contributed by atoms with Crippen LogP contribution in [0.1, 0.15) is 30.9 Å². The highest BCUT2D eigenvalue weighted by Gasteiger charge is 2.22. The molecule has 5 heteroatoms. The molecule has 4 nitrogen and oxygen atoms in total. The zero-order valence-electron chi connectivity index (χ0n) is 17.6. The lowest BCUT2D eigenvalue weighted by molar-refractivity contribution is 0.589. The van der Waals surface area contributed by atoms with E-state index in [2.05, 4.69) is 72.5 Å². The van der Waals surface area contributed by atoms with E-state index in [0.717, 1.165) is 32.7 Å². The Morgan fingerprint density at radius 1 is 1.00 bits per heavy atom. The fourth-order valence-electron chi connectivity index (χ4n) is 4.05. The van der Waals surface area contributed by atoms with Gasteiger partial charge in [0.25, 0.3) is 0 Å². The molecule has 0 spiro atoms. The van der Waals surface area contributed by atoms with E-state index in [9.17, 15) is 0 Å². The van der Waals surface area contributed by atoms with Gasteiger partial charge in [0, 0.05) is 60.9 Å². The van der Waals surface area contributed by atoms with Crippen LogP contribution in [0.3, 0.4) is 0 Å². The molecule has 2 aromatic carbocycles. The van der Waals surface area contributed by atoms with Crippen molar-refractivity contribution in [1.82, 2.24) is 5.32 Å². The van der Waals surface area contributed by atoms with E-state index in [1.54, 1.807) is 0 Å². The first-order chi connectivity index (χ1) is 13.6. The van der Waals surface area contributed by atoms with Gasteiger partial charge in [-0.3, -0.25) is 0 Å². The van der Waals surface area contributed by atoms with E-state index < -0.39 is 0 Å². The summed E-state index contributed by atoms with van der Waals surface area (Å²) in [6.45, 7) is 12.1. The van der Waals surface area contributed by atoms with Crippen LogP contribution < -0.4 is 20.4 Å². The predicted molar refractivity (Wildman–Crippen MR) is 123 cm³/mol. The van der Waals surface area contributed by atoms with Gasteiger partial charge in [-0.25, -0.2) is 0 Å². The molecule has 2 aromatic rings. The van der Waals surface area contributed by atoms with Crippen molar-refractivity contribution in [3.63, 3.8) is 0 Å². The molecule has 150 valence electrons. The summed E-state index contributed by atoms with van der Waals surface area (Å²) < 4.78 is 0. The Hall–Kier alpha value is -1.85. The van der Waals surface area contributed by atoms with Gasteiger partial charge in [-0.05, 0) is 55.7 Å². The quantitative estimate of drug-likeness (QED) is 0.622. The third kappa shape index (κ3) is 3.83. The molecule has 1 saturated heterocycles. The number of nitrogens with zero attached hydrogens (tertiary/aromatic N) is 2. The van der Waals surface area contributed by atoms with E-state index in [0.29, 0.717) is 0 Å². The van der Waals surface area contributed by atoms with Crippen molar-refractivity contribution in [2.24, 2.45) is 0 Å². The Labute approximate surface area is 173 Å². The Kier molecular flexibility index (Phi) is 5.74. The van der Waals surface area contributed by atoms with E-state index in [1.807, 2.05) is 11.8 Å². The maximum atomic E-state index is 3.75. The molecule has 0 radical (unpaired) electrons. The summed E-state index contributed by atoms with van der Waals surface area (Å²) >= 11 is 1.91. The molecular weight excluding hydrogens is 364 g/mol. The van der Waals surface area contributed by atoms with Crippen molar-refractivity contribution >= 4 is 34.5 Å². The first-order valence-corrected chi connectivity index (χ1v) is 11.3. The van der Waals surface area contributed by atoms with Crippen LogP contribution in [0.15, 0.2) is 34.1 Å². The molecule has 0 bridgehead atoms. The lowest BCUT2D eigenvalue weighted by Gasteiger charge is -2.32. The predicted octanol–water partition coefficient (Wildman–Crippen LogP) is 5.16. The molecule has 0 atom stereocenters. The molecule has 0 aromatic heterocycles. The van der Waals surface area contributed by atoms with E-state index >= 15 is 0 Å². The summed E-state index contributed by atoms with van der Waals surface area (Å²) in [5.74, 6) is 0. The second kappa shape index (κ2) is 8.26. The van der Waals surface area contributed by atoms with Gasteiger partial charge in [0.1, 0.15) is 0 Å². The minimum Gasteiger partial charge on any atom is -0.375 e. The number of hydrogen-bond acceptors (Lipinski definition) is 5. The minimum atomic E-state index is 1.07. The number of piperazine rings is 1. The summed E-state index contributed by atoms with van der Waals surface area (Å²) in [6, 6.07) is 9.38. The standard InChI is InChI=1S/C23H32N4S/c1-5-6-9-26(4)18-12-16(2)22-20(14-18)28-21-15-19(13-17(3)23(21)25-22)27-10-7-24-8-11-27/h12-15,24-25H,5-11H2,1-4H3. The highest BCUT2D eigenvalue weighted by Crippen LogP contribution is 2.49. The van der Waals surface area contributed by atoms with Crippen LogP contribution in [-0.4, -0.2) is 39.8 Å². The van der Waals surface area contributed by atoms with Gasteiger partial charge in [-0.15, -0.1) is 0 Å². The minimum absolute atomic E-state index is 1.07. The van der Waals surface area contributed by atoms with Gasteiger partial charge in [0.15, 0.2) is 0 Å². The lowest BCUT2D eigenvalue weighted by Crippen LogP contribution is -2.43. The third-order valence-electron chi connectivity index (χ3n) is 5.81. The number of fused-ring (bicyclic) bond motifs is 2. The van der Waals surface area contributed by atoms with Gasteiger partial charge in [-0.2, -0.15) is 0 Å². The maximum Gasteiger partial charge on any atom is 0.0557 e. The van der Waals surface area contributed by atoms with Crippen LogP contribution in [-0.2, 0) is 0 Å². The van der Waals surface area contributed by atoms with Gasteiger partial charge in [0.05, 0.1) is 11.4 Å². The lowest BCUT2D eigenvalue weighted by atomic mass is 10.1. The van der Waals surface area contributed by atoms with Gasteiger partial charge >= 0.3 is 0 Å². The molecule has 0 amide bonds. The fraction of sp³-hybridized carbons (Fsp3) is 0.478. The number of benzene rings is 2. The summed E-state index contributed by atoms with van der Waals surface area (Å²) in [7, 11) is 2.21. The van der Waals surface area contributed by atoms with Crippen molar-refractivity contribution in [3.05, 3.63) is 35.4 Å². The summed E-state index contributed by atoms with van der Waals surface area (Å²) in [6.07, 6.45) is 2.46. The van der Waals surface area contributed by atoms with Crippen LogP contribution in [0.2, 0.25) is 0 Å². The second-order valence-electron chi connectivity index (χ2n) is 8.01. The van der Waals surface area contributed by atoms with Crippen molar-refractivity contribution < 1.29 is 0 Å². The highest BCUT2D eigenvalue weighted by atomic mass is 32.2. The molecule has 0 unspecified atom stereocenters. The zero-order chi connectivity index (χ0) is 19.7. The van der Waals surface area contributed by atoms with Crippen LogP contribution in [0.4, 0.5) is 22.7 Å². The Bertz CT molecular complexity index is 858. The Morgan fingerprint density at radius 2 is 1.68 bits per heavy atom. The van der Waals surface area contributed by atoms with Crippen LogP contribution in [0.5, 0.6) is 0 Å². The fourth-order valence-corrected chi connectivity index (χ4v) is 5.27. The number of anilines is 4. The third-order valence-corrected chi connectivity index (χ3v) is 6.89. The Balaban J connectivity index is 1.64. The van der Waals surface area contributed by atoms with Gasteiger partial charge in [-0.1, -0.05) is 25.1 Å². The van der Waals surface area contributed by atoms with Gasteiger partial charge in [0.2, 0.25) is 0 Å². The van der Waals surface area contributed by atoms with Crippen LogP contribution >= 0.6 is 11.8 Å². The number of unbranched alkanes of at least 4 members (excludes halogenated alkanes) is 1. The van der Waals surface area contributed by atoms with E-state index in [4.69, 9.17) is 0 Å². The van der Waals surface area contributed by atoms with Crippen molar-refractivity contribution in [2.75, 3.05) is 54.9 Å². The molecule has 2 aliphatic heterocycles. The largest absolute Gasteiger partial charge is 0.375 e. The molecule has 2 heterocycles. The molecule has 0 aliphatic carbocycles. The monoisotopic (exact) mass is 396 g/mol. The maximum absolute atomic E-state index is 3.75. The molecule has 4 rings (SSSR count). The average Bonchev–Trinajstić information content (AvgIpc) is 2.71. The summed E-state index contributed by atoms with van der Waals surface area (Å²) in [4.78, 5) is 7.56. The molecule has 28 heavy (non-hydrogen) atoms. The van der Waals surface area contributed by atoms with Crippen LogP contribution in [0, 0.1) is 13.8 Å².